The molecule has 0 aliphatic carbocycles. The number of fused-ring (bicyclic) bond motifs is 1. The zero-order valence-electron chi connectivity index (χ0n) is 10.7. The summed E-state index contributed by atoms with van der Waals surface area (Å²) >= 11 is 7.25. The van der Waals surface area contributed by atoms with E-state index in [2.05, 4.69) is 5.32 Å². The number of hydrogen-bond donors (Lipinski definition) is 2. The predicted molar refractivity (Wildman–Crippen MR) is 77.0 cm³/mol. The molecule has 1 atom stereocenters. The lowest BCUT2D eigenvalue weighted by Crippen LogP contribution is -2.40. The van der Waals surface area contributed by atoms with E-state index in [9.17, 15) is 9.18 Å². The Bertz CT molecular complexity index is 631. The van der Waals surface area contributed by atoms with Gasteiger partial charge in [0.2, 0.25) is 0 Å². The molecular weight excluding hydrogens is 305 g/mol. The number of carbonyl (C=O) groups excluding carboxylic acids is 1. The summed E-state index contributed by atoms with van der Waals surface area (Å²) in [5.41, 5.74) is 0. The molecule has 0 fully saturated rings. The Kier molecular flexibility index (Phi) is 4.93. The number of thiophene rings is 1. The minimum absolute atomic E-state index is 0.194. The summed E-state index contributed by atoms with van der Waals surface area (Å²) in [5.74, 6) is -0.789. The maximum atomic E-state index is 13.2. The smallest absolute Gasteiger partial charge is 0.263 e. The van der Waals surface area contributed by atoms with Crippen LogP contribution in [0.2, 0.25) is 5.02 Å². The molecule has 0 saturated heterocycles. The highest BCUT2D eigenvalue weighted by Gasteiger charge is 2.20. The van der Waals surface area contributed by atoms with Gasteiger partial charge >= 0.3 is 0 Å². The highest BCUT2D eigenvalue weighted by atomic mass is 35.5. The Morgan fingerprint density at radius 2 is 2.35 bits per heavy atom. The second-order valence-corrected chi connectivity index (χ2v) is 5.62. The van der Waals surface area contributed by atoms with Crippen LogP contribution in [-0.2, 0) is 4.74 Å². The van der Waals surface area contributed by atoms with Crippen molar-refractivity contribution in [2.24, 2.45) is 0 Å². The lowest BCUT2D eigenvalue weighted by molar-refractivity contribution is 0.0843. The van der Waals surface area contributed by atoms with E-state index in [1.165, 1.54) is 19.2 Å². The highest BCUT2D eigenvalue weighted by molar-refractivity contribution is 7.21. The van der Waals surface area contributed by atoms with Gasteiger partial charge in [0.05, 0.1) is 24.3 Å². The Balaban J connectivity index is 2.28. The molecule has 0 saturated carbocycles. The van der Waals surface area contributed by atoms with E-state index in [1.54, 1.807) is 6.07 Å². The lowest BCUT2D eigenvalue weighted by atomic mass is 10.2. The first kappa shape index (κ1) is 15.2. The molecule has 0 radical (unpaired) electrons. The molecule has 1 heterocycles. The van der Waals surface area contributed by atoms with Gasteiger partial charge in [-0.2, -0.15) is 0 Å². The molecule has 1 amide bonds. The number of aliphatic hydroxyl groups is 1. The van der Waals surface area contributed by atoms with Crippen molar-refractivity contribution < 1.29 is 19.0 Å². The number of ether oxygens (including phenoxy) is 1. The normalized spacial score (nSPS) is 12.6. The molecule has 7 heteroatoms. The number of benzene rings is 1. The first-order chi connectivity index (χ1) is 9.56. The number of rotatable bonds is 5. The van der Waals surface area contributed by atoms with Gasteiger partial charge < -0.3 is 15.2 Å². The maximum Gasteiger partial charge on any atom is 0.263 e. The number of aliphatic hydroxyl groups excluding tert-OH is 1. The predicted octanol–water partition coefficient (Wildman–Crippen LogP) is 2.43. The molecule has 1 aromatic carbocycles. The maximum absolute atomic E-state index is 13.2. The number of methoxy groups -OCH3 is 1. The number of carbonyl (C=O) groups is 1. The van der Waals surface area contributed by atoms with E-state index >= 15 is 0 Å². The summed E-state index contributed by atoms with van der Waals surface area (Å²) < 4.78 is 18.6. The third kappa shape index (κ3) is 3.09. The number of halogens is 2. The van der Waals surface area contributed by atoms with Crippen LogP contribution < -0.4 is 5.32 Å². The van der Waals surface area contributed by atoms with Crippen molar-refractivity contribution >= 4 is 38.9 Å². The van der Waals surface area contributed by atoms with Crippen molar-refractivity contribution in [2.75, 3.05) is 20.3 Å². The van der Waals surface area contributed by atoms with Crippen molar-refractivity contribution in [3.63, 3.8) is 0 Å². The second kappa shape index (κ2) is 6.49. The summed E-state index contributed by atoms with van der Waals surface area (Å²) in [6.07, 6.45) is 0. The monoisotopic (exact) mass is 317 g/mol. The van der Waals surface area contributed by atoms with Gasteiger partial charge in [0.15, 0.2) is 0 Å². The minimum Gasteiger partial charge on any atom is -0.394 e. The Morgan fingerprint density at radius 1 is 1.60 bits per heavy atom. The van der Waals surface area contributed by atoms with Gasteiger partial charge in [0, 0.05) is 17.2 Å². The van der Waals surface area contributed by atoms with Crippen molar-refractivity contribution in [3.05, 3.63) is 33.9 Å². The molecule has 1 unspecified atom stereocenters. The Morgan fingerprint density at radius 3 is 3.00 bits per heavy atom. The average molecular weight is 318 g/mol. The third-order valence-electron chi connectivity index (χ3n) is 2.72. The van der Waals surface area contributed by atoms with Gasteiger partial charge in [-0.3, -0.25) is 4.79 Å². The molecule has 0 aliphatic heterocycles. The molecule has 0 aliphatic rings. The van der Waals surface area contributed by atoms with Gasteiger partial charge in [-0.15, -0.1) is 11.3 Å². The molecule has 0 bridgehead atoms. The first-order valence-electron chi connectivity index (χ1n) is 5.85. The molecule has 20 heavy (non-hydrogen) atoms. The van der Waals surface area contributed by atoms with Gasteiger partial charge in [-0.1, -0.05) is 11.6 Å². The second-order valence-electron chi connectivity index (χ2n) is 4.19. The standard InChI is InChI=1S/C13H13ClFNO3S/c1-19-6-8(5-17)16-13(18)12-11(14)9-3-2-7(15)4-10(9)20-12/h2-4,8,17H,5-6H2,1H3,(H,16,18). The fraction of sp³-hybridized carbons (Fsp3) is 0.308. The van der Waals surface area contributed by atoms with Crippen LogP contribution in [0.4, 0.5) is 4.39 Å². The first-order valence-corrected chi connectivity index (χ1v) is 7.04. The summed E-state index contributed by atoms with van der Waals surface area (Å²) in [6.45, 7) is -0.0455. The van der Waals surface area contributed by atoms with Gasteiger partial charge in [-0.25, -0.2) is 4.39 Å². The van der Waals surface area contributed by atoms with E-state index in [4.69, 9.17) is 21.4 Å². The van der Waals surface area contributed by atoms with Crippen LogP contribution in [0, 0.1) is 5.82 Å². The van der Waals surface area contributed by atoms with Crippen molar-refractivity contribution in [1.29, 1.82) is 0 Å². The number of hydrogen-bond acceptors (Lipinski definition) is 4. The Labute approximate surface area is 124 Å². The largest absolute Gasteiger partial charge is 0.394 e. The van der Waals surface area contributed by atoms with Crippen LogP contribution in [0.15, 0.2) is 18.2 Å². The molecule has 1 aromatic heterocycles. The Hall–Kier alpha value is -1.21. The van der Waals surface area contributed by atoms with Crippen molar-refractivity contribution in [2.45, 2.75) is 6.04 Å². The number of nitrogens with one attached hydrogen (secondary N) is 1. The molecule has 2 aromatic rings. The van der Waals surface area contributed by atoms with Gasteiger partial charge in [0.25, 0.3) is 5.91 Å². The SMILES string of the molecule is COCC(CO)NC(=O)c1sc2cc(F)ccc2c1Cl. The van der Waals surface area contributed by atoms with Crippen molar-refractivity contribution in [3.8, 4) is 0 Å². The van der Waals surface area contributed by atoms with E-state index in [-0.39, 0.29) is 24.1 Å². The molecule has 0 spiro atoms. The van der Waals surface area contributed by atoms with Crippen LogP contribution in [0.5, 0.6) is 0 Å². The molecule has 108 valence electrons. The zero-order valence-corrected chi connectivity index (χ0v) is 12.2. The highest BCUT2D eigenvalue weighted by Crippen LogP contribution is 2.35. The van der Waals surface area contributed by atoms with E-state index in [0.717, 1.165) is 11.3 Å². The zero-order chi connectivity index (χ0) is 14.7. The molecule has 2 rings (SSSR count). The average Bonchev–Trinajstić information content (AvgIpc) is 2.74. The molecule has 2 N–H and O–H groups in total. The summed E-state index contributed by atoms with van der Waals surface area (Å²) in [4.78, 5) is 12.4. The summed E-state index contributed by atoms with van der Waals surface area (Å²) in [7, 11) is 1.48. The van der Waals surface area contributed by atoms with E-state index in [0.29, 0.717) is 15.0 Å². The van der Waals surface area contributed by atoms with E-state index < -0.39 is 11.9 Å². The number of amides is 1. The quantitative estimate of drug-likeness (QED) is 0.890. The fourth-order valence-electron chi connectivity index (χ4n) is 1.78. The van der Waals surface area contributed by atoms with Gasteiger partial charge in [-0.05, 0) is 18.2 Å². The minimum atomic E-state index is -0.509. The summed E-state index contributed by atoms with van der Waals surface area (Å²) in [5, 5.41) is 12.7. The van der Waals surface area contributed by atoms with Gasteiger partial charge in [0.1, 0.15) is 10.7 Å². The van der Waals surface area contributed by atoms with Crippen LogP contribution in [0.3, 0.4) is 0 Å². The lowest BCUT2D eigenvalue weighted by Gasteiger charge is -2.14. The van der Waals surface area contributed by atoms with Crippen LogP contribution in [-0.4, -0.2) is 37.4 Å². The van der Waals surface area contributed by atoms with E-state index in [1.807, 2.05) is 0 Å². The fourth-order valence-corrected chi connectivity index (χ4v) is 3.22. The van der Waals surface area contributed by atoms with Crippen LogP contribution >= 0.6 is 22.9 Å². The van der Waals surface area contributed by atoms with Crippen LogP contribution in [0.25, 0.3) is 10.1 Å². The van der Waals surface area contributed by atoms with Crippen molar-refractivity contribution in [1.82, 2.24) is 5.32 Å². The topological polar surface area (TPSA) is 58.6 Å². The molecule has 4 nitrogen and oxygen atoms in total. The molecular formula is C13H13ClFNO3S. The van der Waals surface area contributed by atoms with Crippen LogP contribution in [0.1, 0.15) is 9.67 Å². The summed E-state index contributed by atoms with van der Waals surface area (Å²) in [6, 6.07) is 3.66. The third-order valence-corrected chi connectivity index (χ3v) is 4.38.